The molecule has 4 rings (SSSR count). The van der Waals surface area contributed by atoms with E-state index >= 15 is 0 Å². The molecule has 0 radical (unpaired) electrons. The summed E-state index contributed by atoms with van der Waals surface area (Å²) in [7, 11) is 0. The minimum atomic E-state index is -0.693. The number of carbonyl (C=O) groups is 2. The van der Waals surface area contributed by atoms with Gasteiger partial charge in [-0.2, -0.15) is 0 Å². The second kappa shape index (κ2) is 9.18. The summed E-state index contributed by atoms with van der Waals surface area (Å²) in [6.07, 6.45) is -0.237. The number of benzene rings is 3. The standard InChI is InChI=1S/C25H22F2N2O3/c1-2-22-25(31)29(14-16-7-3-5-9-20(16)26)15-17-13-18(11-12-23(17)32-22)28-24(30)19-8-4-6-10-21(19)27/h3-13,22H,2,14-15H2,1H3,(H,28,30)/t22-/m0/s1. The van der Waals surface area contributed by atoms with Crippen LogP contribution in [-0.4, -0.2) is 22.8 Å². The van der Waals surface area contributed by atoms with Crippen LogP contribution >= 0.6 is 0 Å². The highest BCUT2D eigenvalue weighted by molar-refractivity contribution is 6.04. The Kier molecular flexibility index (Phi) is 6.16. The maximum atomic E-state index is 14.2. The van der Waals surface area contributed by atoms with Gasteiger partial charge in [0.25, 0.3) is 11.8 Å². The second-order valence-electron chi connectivity index (χ2n) is 7.56. The zero-order valence-electron chi connectivity index (χ0n) is 17.5. The van der Waals surface area contributed by atoms with Crippen LogP contribution < -0.4 is 10.1 Å². The Morgan fingerprint density at radius 2 is 1.78 bits per heavy atom. The topological polar surface area (TPSA) is 58.6 Å². The normalized spacial score (nSPS) is 15.5. The first kappa shape index (κ1) is 21.5. The molecule has 0 saturated heterocycles. The Hall–Kier alpha value is -3.74. The third-order valence-electron chi connectivity index (χ3n) is 5.34. The number of anilines is 1. The molecule has 0 aliphatic carbocycles. The molecule has 0 bridgehead atoms. The number of hydrogen-bond acceptors (Lipinski definition) is 3. The number of fused-ring (bicyclic) bond motifs is 1. The summed E-state index contributed by atoms with van der Waals surface area (Å²) in [5.74, 6) is -1.29. The molecule has 1 aliphatic rings. The average molecular weight is 436 g/mol. The van der Waals surface area contributed by atoms with Gasteiger partial charge in [-0.3, -0.25) is 9.59 Å². The zero-order valence-corrected chi connectivity index (χ0v) is 17.5. The van der Waals surface area contributed by atoms with Crippen molar-refractivity contribution in [1.82, 2.24) is 4.90 Å². The van der Waals surface area contributed by atoms with E-state index in [4.69, 9.17) is 4.74 Å². The monoisotopic (exact) mass is 436 g/mol. The first-order valence-electron chi connectivity index (χ1n) is 10.3. The molecule has 5 nitrogen and oxygen atoms in total. The van der Waals surface area contributed by atoms with Crippen LogP contribution in [0.3, 0.4) is 0 Å². The molecule has 1 aliphatic heterocycles. The van der Waals surface area contributed by atoms with E-state index in [0.717, 1.165) is 0 Å². The van der Waals surface area contributed by atoms with Gasteiger partial charge in [0.2, 0.25) is 0 Å². The minimum absolute atomic E-state index is 0.0684. The number of rotatable bonds is 5. The number of amides is 2. The van der Waals surface area contributed by atoms with Gasteiger partial charge in [-0.05, 0) is 42.8 Å². The molecule has 1 N–H and O–H groups in total. The Bertz CT molecular complexity index is 1170. The van der Waals surface area contributed by atoms with E-state index in [1.807, 2.05) is 6.92 Å². The molecule has 2 amide bonds. The lowest BCUT2D eigenvalue weighted by Gasteiger charge is -2.23. The predicted octanol–water partition coefficient (Wildman–Crippen LogP) is 4.92. The van der Waals surface area contributed by atoms with Gasteiger partial charge in [0.15, 0.2) is 6.10 Å². The van der Waals surface area contributed by atoms with Gasteiger partial charge in [-0.1, -0.05) is 37.3 Å². The van der Waals surface area contributed by atoms with E-state index in [1.165, 1.54) is 24.3 Å². The summed E-state index contributed by atoms with van der Waals surface area (Å²) in [6, 6.07) is 17.0. The highest BCUT2D eigenvalue weighted by Gasteiger charge is 2.30. The number of hydrogen-bond donors (Lipinski definition) is 1. The maximum Gasteiger partial charge on any atom is 0.264 e. The molecule has 0 unspecified atom stereocenters. The number of carbonyl (C=O) groups excluding carboxylic acids is 2. The van der Waals surface area contributed by atoms with Crippen LogP contribution in [0.4, 0.5) is 14.5 Å². The van der Waals surface area contributed by atoms with Gasteiger partial charge in [-0.25, -0.2) is 8.78 Å². The van der Waals surface area contributed by atoms with Crippen molar-refractivity contribution in [1.29, 1.82) is 0 Å². The van der Waals surface area contributed by atoms with Gasteiger partial charge in [0, 0.05) is 29.9 Å². The number of nitrogens with one attached hydrogen (secondary N) is 1. The molecule has 0 aromatic heterocycles. The Balaban J connectivity index is 1.61. The molecule has 1 atom stereocenters. The fraction of sp³-hybridized carbons (Fsp3) is 0.200. The van der Waals surface area contributed by atoms with E-state index in [-0.39, 0.29) is 30.4 Å². The third-order valence-corrected chi connectivity index (χ3v) is 5.34. The van der Waals surface area contributed by atoms with Crippen molar-refractivity contribution in [2.45, 2.75) is 32.5 Å². The third kappa shape index (κ3) is 4.46. The van der Waals surface area contributed by atoms with E-state index in [9.17, 15) is 18.4 Å². The van der Waals surface area contributed by atoms with Crippen molar-refractivity contribution in [3.8, 4) is 5.75 Å². The highest BCUT2D eigenvalue weighted by atomic mass is 19.1. The van der Waals surface area contributed by atoms with Crippen LogP contribution in [0.25, 0.3) is 0 Å². The minimum Gasteiger partial charge on any atom is -0.480 e. The lowest BCUT2D eigenvalue weighted by molar-refractivity contribution is -0.139. The number of ether oxygens (including phenoxy) is 1. The van der Waals surface area contributed by atoms with Gasteiger partial charge in [-0.15, -0.1) is 0 Å². The maximum absolute atomic E-state index is 14.2. The molecule has 1 heterocycles. The molecule has 3 aromatic rings. The quantitative estimate of drug-likeness (QED) is 0.618. The van der Waals surface area contributed by atoms with Gasteiger partial charge >= 0.3 is 0 Å². The first-order chi connectivity index (χ1) is 15.5. The summed E-state index contributed by atoms with van der Waals surface area (Å²) in [4.78, 5) is 27.0. The Morgan fingerprint density at radius 1 is 1.06 bits per heavy atom. The fourth-order valence-electron chi connectivity index (χ4n) is 3.65. The smallest absolute Gasteiger partial charge is 0.264 e. The number of nitrogens with zero attached hydrogens (tertiary/aromatic N) is 1. The van der Waals surface area contributed by atoms with Gasteiger partial charge in [0.1, 0.15) is 17.4 Å². The van der Waals surface area contributed by atoms with Crippen LogP contribution in [0.2, 0.25) is 0 Å². The van der Waals surface area contributed by atoms with Crippen LogP contribution in [0, 0.1) is 11.6 Å². The van der Waals surface area contributed by atoms with Crippen LogP contribution in [-0.2, 0) is 17.9 Å². The highest BCUT2D eigenvalue weighted by Crippen LogP contribution is 2.30. The van der Waals surface area contributed by atoms with E-state index in [2.05, 4.69) is 5.32 Å². The SMILES string of the molecule is CC[C@@H]1Oc2ccc(NC(=O)c3ccccc3F)cc2CN(Cc2ccccc2F)C1=O. The van der Waals surface area contributed by atoms with E-state index in [1.54, 1.807) is 47.4 Å². The van der Waals surface area contributed by atoms with Crippen LogP contribution in [0.5, 0.6) is 5.75 Å². The first-order valence-corrected chi connectivity index (χ1v) is 10.3. The Labute approximate surface area is 184 Å². The molecule has 164 valence electrons. The predicted molar refractivity (Wildman–Crippen MR) is 116 cm³/mol. The summed E-state index contributed by atoms with van der Waals surface area (Å²) in [5.41, 5.74) is 1.44. The van der Waals surface area contributed by atoms with Crippen molar-refractivity contribution in [2.75, 3.05) is 5.32 Å². The molecule has 0 spiro atoms. The second-order valence-corrected chi connectivity index (χ2v) is 7.56. The molecule has 0 saturated carbocycles. The largest absolute Gasteiger partial charge is 0.480 e. The van der Waals surface area contributed by atoms with Crippen molar-refractivity contribution in [3.63, 3.8) is 0 Å². The van der Waals surface area contributed by atoms with Crippen molar-refractivity contribution in [3.05, 3.63) is 95.1 Å². The Morgan fingerprint density at radius 3 is 2.50 bits per heavy atom. The molecule has 7 heteroatoms. The lowest BCUT2D eigenvalue weighted by atomic mass is 10.1. The molecule has 32 heavy (non-hydrogen) atoms. The fourth-order valence-corrected chi connectivity index (χ4v) is 3.65. The summed E-state index contributed by atoms with van der Waals surface area (Å²) >= 11 is 0. The molecule has 0 fully saturated rings. The van der Waals surface area contributed by atoms with E-state index in [0.29, 0.717) is 29.0 Å². The summed E-state index contributed by atoms with van der Waals surface area (Å²) < 4.78 is 34.1. The van der Waals surface area contributed by atoms with Crippen LogP contribution in [0.15, 0.2) is 66.7 Å². The van der Waals surface area contributed by atoms with E-state index < -0.39 is 17.8 Å². The van der Waals surface area contributed by atoms with Crippen molar-refractivity contribution >= 4 is 17.5 Å². The van der Waals surface area contributed by atoms with Crippen LogP contribution in [0.1, 0.15) is 34.8 Å². The number of halogens is 2. The lowest BCUT2D eigenvalue weighted by Crippen LogP contribution is -2.39. The molecular formula is C25H22F2N2O3. The molecular weight excluding hydrogens is 414 g/mol. The van der Waals surface area contributed by atoms with Gasteiger partial charge < -0.3 is 15.0 Å². The summed E-state index contributed by atoms with van der Waals surface area (Å²) in [5, 5.41) is 2.68. The van der Waals surface area contributed by atoms with Crippen molar-refractivity contribution in [2.24, 2.45) is 0 Å². The van der Waals surface area contributed by atoms with Gasteiger partial charge in [0.05, 0.1) is 5.56 Å². The van der Waals surface area contributed by atoms with Crippen molar-refractivity contribution < 1.29 is 23.1 Å². The summed E-state index contributed by atoms with van der Waals surface area (Å²) in [6.45, 7) is 2.12. The average Bonchev–Trinajstić information content (AvgIpc) is 2.91. The molecule has 3 aromatic carbocycles. The zero-order chi connectivity index (χ0) is 22.7.